The van der Waals surface area contributed by atoms with Gasteiger partial charge in [0.05, 0.1) is 9.52 Å². The fourth-order valence-electron chi connectivity index (χ4n) is 2.65. The highest BCUT2D eigenvalue weighted by Gasteiger charge is 2.36. The van der Waals surface area contributed by atoms with E-state index in [-0.39, 0.29) is 14.7 Å². The molecule has 0 aromatic carbocycles. The normalized spacial score (nSPS) is 39.4. The summed E-state index contributed by atoms with van der Waals surface area (Å²) in [5, 5.41) is 0.0720. The molecule has 0 N–H and O–H groups in total. The molecule has 1 saturated carbocycles. The Bertz CT molecular complexity index is 207. The monoisotopic (exact) mass is 216 g/mol. The van der Waals surface area contributed by atoms with Crippen LogP contribution in [0.2, 0.25) is 5.54 Å². The molecule has 1 nitrogen and oxygen atoms in total. The lowest BCUT2D eigenvalue weighted by Crippen LogP contribution is -2.21. The van der Waals surface area contributed by atoms with E-state index in [9.17, 15) is 0 Å². The van der Waals surface area contributed by atoms with Crippen molar-refractivity contribution in [3.8, 4) is 0 Å². The third-order valence-electron chi connectivity index (χ3n) is 3.25. The lowest BCUT2D eigenvalue weighted by molar-refractivity contribution is 0.165. The molecule has 2 aliphatic carbocycles. The summed E-state index contributed by atoms with van der Waals surface area (Å²) in [5.74, 6) is 1.74. The molecule has 0 aromatic rings. The van der Waals surface area contributed by atoms with Crippen molar-refractivity contribution in [3.63, 3.8) is 0 Å². The van der Waals surface area contributed by atoms with Crippen molar-refractivity contribution < 1.29 is 4.74 Å². The first-order valence-corrected chi connectivity index (χ1v) is 7.30. The number of alkyl halides is 1. The number of hydrogen-bond acceptors (Lipinski definition) is 1. The minimum atomic E-state index is -0.235. The second kappa shape index (κ2) is 4.16. The smallest absolute Gasteiger partial charge is 0.112 e. The Hall–Kier alpha value is 0.207. The first kappa shape index (κ1) is 9.75. The minimum Gasteiger partial charge on any atom is -0.367 e. The Morgan fingerprint density at radius 1 is 1.54 bits per heavy atom. The van der Waals surface area contributed by atoms with Gasteiger partial charge < -0.3 is 4.74 Å². The van der Waals surface area contributed by atoms with E-state index in [2.05, 4.69) is 12.2 Å². The standard InChI is InChI=1S/C10H17ClOSi/c1-2-12-10(11)13-9-6-7-3-4-8(9)5-7/h3-4,7-10H,2,5-6,13H2,1H3. The summed E-state index contributed by atoms with van der Waals surface area (Å²) in [7, 11) is -0.235. The molecule has 4 atom stereocenters. The fraction of sp³-hybridized carbons (Fsp3) is 0.800. The first-order valence-electron chi connectivity index (χ1n) is 5.23. The first-order chi connectivity index (χ1) is 6.29. The van der Waals surface area contributed by atoms with Gasteiger partial charge in [0.1, 0.15) is 5.19 Å². The predicted octanol–water partition coefficient (Wildman–Crippen LogP) is 2.10. The van der Waals surface area contributed by atoms with Crippen LogP contribution >= 0.6 is 11.6 Å². The van der Waals surface area contributed by atoms with E-state index in [0.717, 1.165) is 24.0 Å². The van der Waals surface area contributed by atoms with Gasteiger partial charge in [-0.15, -0.1) is 0 Å². The number of hydrogen-bond donors (Lipinski definition) is 0. The van der Waals surface area contributed by atoms with Crippen LogP contribution in [-0.2, 0) is 4.74 Å². The molecule has 0 saturated heterocycles. The number of rotatable bonds is 4. The summed E-state index contributed by atoms with van der Waals surface area (Å²) < 4.78 is 5.41. The van der Waals surface area contributed by atoms with E-state index < -0.39 is 0 Å². The Morgan fingerprint density at radius 3 is 2.92 bits per heavy atom. The molecule has 3 heteroatoms. The average molecular weight is 217 g/mol. The van der Waals surface area contributed by atoms with Gasteiger partial charge in [-0.2, -0.15) is 0 Å². The largest absolute Gasteiger partial charge is 0.367 e. The van der Waals surface area contributed by atoms with Gasteiger partial charge in [-0.05, 0) is 37.1 Å². The molecule has 0 aliphatic heterocycles. The summed E-state index contributed by atoms with van der Waals surface area (Å²) in [6.45, 7) is 2.78. The molecule has 0 heterocycles. The van der Waals surface area contributed by atoms with Crippen molar-refractivity contribution in [2.75, 3.05) is 6.61 Å². The molecule has 2 aliphatic rings. The van der Waals surface area contributed by atoms with Crippen molar-refractivity contribution in [1.29, 1.82) is 0 Å². The Labute approximate surface area is 87.3 Å². The summed E-state index contributed by atoms with van der Waals surface area (Å²) in [6.07, 6.45) is 7.58. The molecular weight excluding hydrogens is 200 g/mol. The number of ether oxygens (including phenoxy) is 1. The van der Waals surface area contributed by atoms with Crippen molar-refractivity contribution in [2.45, 2.75) is 30.5 Å². The van der Waals surface area contributed by atoms with Crippen molar-refractivity contribution in [2.24, 2.45) is 11.8 Å². The van der Waals surface area contributed by atoms with Gasteiger partial charge >= 0.3 is 0 Å². The SMILES string of the molecule is CCOC(Cl)[SiH2]C1CC2C=CC1C2. The predicted molar refractivity (Wildman–Crippen MR) is 58.9 cm³/mol. The van der Waals surface area contributed by atoms with E-state index >= 15 is 0 Å². The van der Waals surface area contributed by atoms with Gasteiger partial charge in [-0.25, -0.2) is 0 Å². The maximum Gasteiger partial charge on any atom is 0.112 e. The van der Waals surface area contributed by atoms with E-state index in [1.54, 1.807) is 0 Å². The van der Waals surface area contributed by atoms with Gasteiger partial charge in [0.2, 0.25) is 0 Å². The lowest BCUT2D eigenvalue weighted by atomic mass is 10.1. The molecule has 13 heavy (non-hydrogen) atoms. The van der Waals surface area contributed by atoms with Crippen LogP contribution in [0.4, 0.5) is 0 Å². The molecule has 0 spiro atoms. The highest BCUT2D eigenvalue weighted by atomic mass is 35.5. The second-order valence-corrected chi connectivity index (χ2v) is 7.41. The quantitative estimate of drug-likeness (QED) is 0.397. The van der Waals surface area contributed by atoms with Crippen LogP contribution in [0.25, 0.3) is 0 Å². The molecule has 2 bridgehead atoms. The fourth-order valence-corrected chi connectivity index (χ4v) is 5.63. The third kappa shape index (κ3) is 2.17. The maximum atomic E-state index is 6.11. The van der Waals surface area contributed by atoms with Crippen molar-refractivity contribution >= 4 is 21.1 Å². The van der Waals surface area contributed by atoms with E-state index in [4.69, 9.17) is 16.3 Å². The highest BCUT2D eigenvalue weighted by Crippen LogP contribution is 2.47. The summed E-state index contributed by atoms with van der Waals surface area (Å²) in [6, 6.07) is 0. The molecule has 4 unspecified atom stereocenters. The molecule has 74 valence electrons. The van der Waals surface area contributed by atoms with Crippen LogP contribution < -0.4 is 0 Å². The average Bonchev–Trinajstić information content (AvgIpc) is 2.65. The van der Waals surface area contributed by atoms with Crippen molar-refractivity contribution in [3.05, 3.63) is 12.2 Å². The van der Waals surface area contributed by atoms with E-state index in [0.29, 0.717) is 0 Å². The molecule has 0 radical (unpaired) electrons. The third-order valence-corrected chi connectivity index (χ3v) is 6.06. The second-order valence-electron chi connectivity index (χ2n) is 4.14. The summed E-state index contributed by atoms with van der Waals surface area (Å²) >= 11 is 6.11. The zero-order valence-corrected chi connectivity index (χ0v) is 10.2. The van der Waals surface area contributed by atoms with Gasteiger partial charge in [-0.1, -0.05) is 23.8 Å². The summed E-state index contributed by atoms with van der Waals surface area (Å²) in [4.78, 5) is 0. The van der Waals surface area contributed by atoms with Crippen LogP contribution in [0.5, 0.6) is 0 Å². The molecule has 0 amide bonds. The Morgan fingerprint density at radius 2 is 2.38 bits per heavy atom. The van der Waals surface area contributed by atoms with Gasteiger partial charge in [0, 0.05) is 6.61 Å². The molecule has 2 rings (SSSR count). The van der Waals surface area contributed by atoms with E-state index in [1.807, 2.05) is 6.92 Å². The zero-order valence-electron chi connectivity index (χ0n) is 8.08. The number of halogens is 1. The van der Waals surface area contributed by atoms with Gasteiger partial charge in [0.25, 0.3) is 0 Å². The Kier molecular flexibility index (Phi) is 3.12. The van der Waals surface area contributed by atoms with E-state index in [1.165, 1.54) is 12.8 Å². The van der Waals surface area contributed by atoms with Crippen LogP contribution in [0.3, 0.4) is 0 Å². The van der Waals surface area contributed by atoms with Crippen LogP contribution in [0, 0.1) is 11.8 Å². The number of allylic oxidation sites excluding steroid dienone is 2. The maximum absolute atomic E-state index is 6.11. The molecule has 0 aromatic heterocycles. The molecule has 1 fully saturated rings. The van der Waals surface area contributed by atoms with Crippen LogP contribution in [0.1, 0.15) is 19.8 Å². The van der Waals surface area contributed by atoms with Crippen LogP contribution in [-0.4, -0.2) is 21.3 Å². The molecular formula is C10H17ClOSi. The zero-order chi connectivity index (χ0) is 9.26. The Balaban J connectivity index is 1.80. The van der Waals surface area contributed by atoms with Crippen LogP contribution in [0.15, 0.2) is 12.2 Å². The minimum absolute atomic E-state index is 0.0720. The lowest BCUT2D eigenvalue weighted by Gasteiger charge is -2.19. The topological polar surface area (TPSA) is 9.23 Å². The summed E-state index contributed by atoms with van der Waals surface area (Å²) in [5.41, 5.74) is 0.920. The number of fused-ring (bicyclic) bond motifs is 2. The van der Waals surface area contributed by atoms with Crippen molar-refractivity contribution in [1.82, 2.24) is 0 Å². The van der Waals surface area contributed by atoms with Gasteiger partial charge in [-0.3, -0.25) is 0 Å². The van der Waals surface area contributed by atoms with Gasteiger partial charge in [0.15, 0.2) is 0 Å². The highest BCUT2D eigenvalue weighted by molar-refractivity contribution is 6.53.